The minimum absolute atomic E-state index is 0.0398. The lowest BCUT2D eigenvalue weighted by Gasteiger charge is -2.11. The van der Waals surface area contributed by atoms with Gasteiger partial charge < -0.3 is 10.1 Å². The van der Waals surface area contributed by atoms with Crippen molar-refractivity contribution in [2.24, 2.45) is 0 Å². The molecule has 0 saturated carbocycles. The van der Waals surface area contributed by atoms with E-state index in [0.29, 0.717) is 18.2 Å². The molecule has 0 saturated heterocycles. The number of rotatable bonds is 6. The zero-order valence-corrected chi connectivity index (χ0v) is 13.7. The smallest absolute Gasteiger partial charge is 0.251 e. The summed E-state index contributed by atoms with van der Waals surface area (Å²) in [5.74, 6) is -0.362. The van der Waals surface area contributed by atoms with Gasteiger partial charge in [-0.1, -0.05) is 41.9 Å². The van der Waals surface area contributed by atoms with Crippen molar-refractivity contribution in [3.63, 3.8) is 0 Å². The van der Waals surface area contributed by atoms with Crippen LogP contribution in [-0.2, 0) is 13.2 Å². The number of halogens is 2. The molecule has 0 aliphatic rings. The third kappa shape index (κ3) is 4.79. The van der Waals surface area contributed by atoms with Crippen LogP contribution < -0.4 is 10.1 Å². The molecule has 0 amide bonds. The predicted molar refractivity (Wildman–Crippen MR) is 84.6 cm³/mol. The lowest BCUT2D eigenvalue weighted by Crippen LogP contribution is -2.22. The number of hydrogen-bond donors (Lipinski definition) is 1. The van der Waals surface area contributed by atoms with Gasteiger partial charge in [-0.2, -0.15) is 0 Å². The summed E-state index contributed by atoms with van der Waals surface area (Å²) in [5, 5.41) is 3.18. The van der Waals surface area contributed by atoms with Gasteiger partial charge in [0.2, 0.25) is 0 Å². The minimum Gasteiger partial charge on any atom is -0.471 e. The minimum atomic E-state index is -0.402. The number of ether oxygens (including phenoxy) is 1. The molecule has 2 aromatic rings. The SMILES string of the molecule is CC(C)NCc1ccnc(OCc2cccc(Br)c2)c1F. The fourth-order valence-electron chi connectivity index (χ4n) is 1.79. The van der Waals surface area contributed by atoms with Crippen molar-refractivity contribution in [1.82, 2.24) is 10.3 Å². The summed E-state index contributed by atoms with van der Waals surface area (Å²) in [5.41, 5.74) is 1.51. The second-order valence-electron chi connectivity index (χ2n) is 5.04. The van der Waals surface area contributed by atoms with Crippen molar-refractivity contribution in [3.05, 3.63) is 57.9 Å². The van der Waals surface area contributed by atoms with Crippen molar-refractivity contribution < 1.29 is 9.13 Å². The van der Waals surface area contributed by atoms with Gasteiger partial charge in [0.15, 0.2) is 5.82 Å². The maximum atomic E-state index is 14.3. The Morgan fingerprint density at radius 1 is 1.33 bits per heavy atom. The van der Waals surface area contributed by atoms with Gasteiger partial charge in [-0.05, 0) is 23.8 Å². The van der Waals surface area contributed by atoms with Crippen molar-refractivity contribution in [2.45, 2.75) is 33.0 Å². The molecule has 0 radical (unpaired) electrons. The molecule has 1 N–H and O–H groups in total. The van der Waals surface area contributed by atoms with Crippen LogP contribution in [0.5, 0.6) is 5.88 Å². The molecule has 21 heavy (non-hydrogen) atoms. The molecule has 0 aliphatic carbocycles. The summed E-state index contributed by atoms with van der Waals surface area (Å²) < 4.78 is 20.7. The van der Waals surface area contributed by atoms with E-state index in [4.69, 9.17) is 4.74 Å². The number of pyridine rings is 1. The quantitative estimate of drug-likeness (QED) is 0.851. The first-order chi connectivity index (χ1) is 10.1. The number of nitrogens with one attached hydrogen (secondary N) is 1. The second-order valence-corrected chi connectivity index (χ2v) is 5.96. The van der Waals surface area contributed by atoms with Crippen LogP contribution in [0.1, 0.15) is 25.0 Å². The molecule has 0 atom stereocenters. The van der Waals surface area contributed by atoms with Gasteiger partial charge in [0.05, 0.1) is 0 Å². The van der Waals surface area contributed by atoms with Crippen LogP contribution in [0.25, 0.3) is 0 Å². The summed E-state index contributed by atoms with van der Waals surface area (Å²) >= 11 is 3.39. The highest BCUT2D eigenvalue weighted by Gasteiger charge is 2.11. The van der Waals surface area contributed by atoms with E-state index >= 15 is 0 Å². The Balaban J connectivity index is 2.04. The molecule has 0 fully saturated rings. The van der Waals surface area contributed by atoms with Crippen LogP contribution in [-0.4, -0.2) is 11.0 Å². The second kappa shape index (κ2) is 7.52. The molecule has 0 bridgehead atoms. The molecule has 1 aromatic carbocycles. The molecule has 0 unspecified atom stereocenters. The Morgan fingerprint density at radius 2 is 2.14 bits per heavy atom. The number of hydrogen-bond acceptors (Lipinski definition) is 3. The monoisotopic (exact) mass is 352 g/mol. The Labute approximate surface area is 132 Å². The standard InChI is InChI=1S/C16H18BrFN2O/c1-11(2)20-9-13-6-7-19-16(15(13)18)21-10-12-4-3-5-14(17)8-12/h3-8,11,20H,9-10H2,1-2H3. The van der Waals surface area contributed by atoms with E-state index in [1.54, 1.807) is 12.3 Å². The predicted octanol–water partition coefficient (Wildman–Crippen LogP) is 4.06. The van der Waals surface area contributed by atoms with E-state index in [1.165, 1.54) is 0 Å². The van der Waals surface area contributed by atoms with Crippen LogP contribution in [0, 0.1) is 5.82 Å². The van der Waals surface area contributed by atoms with Crippen LogP contribution in [0.3, 0.4) is 0 Å². The number of benzene rings is 1. The molecular formula is C16H18BrFN2O. The first-order valence-electron chi connectivity index (χ1n) is 6.80. The van der Waals surface area contributed by atoms with Crippen LogP contribution in [0.4, 0.5) is 4.39 Å². The van der Waals surface area contributed by atoms with Crippen molar-refractivity contribution in [2.75, 3.05) is 0 Å². The van der Waals surface area contributed by atoms with Crippen LogP contribution in [0.2, 0.25) is 0 Å². The lowest BCUT2D eigenvalue weighted by atomic mass is 10.2. The van der Waals surface area contributed by atoms with E-state index in [9.17, 15) is 4.39 Å². The molecule has 0 aliphatic heterocycles. The van der Waals surface area contributed by atoms with E-state index in [0.717, 1.165) is 10.0 Å². The number of nitrogens with zero attached hydrogens (tertiary/aromatic N) is 1. The summed E-state index contributed by atoms with van der Waals surface area (Å²) in [7, 11) is 0. The third-order valence-electron chi connectivity index (χ3n) is 2.90. The van der Waals surface area contributed by atoms with Gasteiger partial charge in [-0.3, -0.25) is 0 Å². The van der Waals surface area contributed by atoms with Gasteiger partial charge in [0.25, 0.3) is 5.88 Å². The number of aromatic nitrogens is 1. The zero-order valence-electron chi connectivity index (χ0n) is 12.1. The molecular weight excluding hydrogens is 335 g/mol. The van der Waals surface area contributed by atoms with Gasteiger partial charge in [0.1, 0.15) is 6.61 Å². The van der Waals surface area contributed by atoms with Crippen molar-refractivity contribution >= 4 is 15.9 Å². The fourth-order valence-corrected chi connectivity index (χ4v) is 2.24. The van der Waals surface area contributed by atoms with Crippen LogP contribution >= 0.6 is 15.9 Å². The fraction of sp³-hybridized carbons (Fsp3) is 0.312. The van der Waals surface area contributed by atoms with Gasteiger partial charge in [0, 0.05) is 28.8 Å². The van der Waals surface area contributed by atoms with Crippen molar-refractivity contribution in [1.29, 1.82) is 0 Å². The zero-order chi connectivity index (χ0) is 15.2. The van der Waals surface area contributed by atoms with Crippen molar-refractivity contribution in [3.8, 4) is 5.88 Å². The molecule has 3 nitrogen and oxygen atoms in total. The van der Waals surface area contributed by atoms with E-state index in [1.807, 2.05) is 38.1 Å². The lowest BCUT2D eigenvalue weighted by molar-refractivity contribution is 0.275. The highest BCUT2D eigenvalue weighted by Crippen LogP contribution is 2.19. The largest absolute Gasteiger partial charge is 0.471 e. The van der Waals surface area contributed by atoms with Crippen LogP contribution in [0.15, 0.2) is 41.0 Å². The Morgan fingerprint density at radius 3 is 2.86 bits per heavy atom. The summed E-state index contributed by atoms with van der Waals surface area (Å²) in [6, 6.07) is 9.66. The maximum Gasteiger partial charge on any atom is 0.251 e. The van der Waals surface area contributed by atoms with Gasteiger partial charge >= 0.3 is 0 Å². The summed E-state index contributed by atoms with van der Waals surface area (Å²) in [6.45, 7) is 4.78. The Hall–Kier alpha value is -1.46. The van der Waals surface area contributed by atoms with E-state index in [2.05, 4.69) is 26.2 Å². The average Bonchev–Trinajstić information content (AvgIpc) is 2.45. The first-order valence-corrected chi connectivity index (χ1v) is 7.59. The van der Waals surface area contributed by atoms with Gasteiger partial charge in [-0.15, -0.1) is 0 Å². The Bertz CT molecular complexity index is 605. The van der Waals surface area contributed by atoms with E-state index in [-0.39, 0.29) is 12.5 Å². The summed E-state index contributed by atoms with van der Waals surface area (Å²) in [4.78, 5) is 3.97. The van der Waals surface area contributed by atoms with E-state index < -0.39 is 5.82 Å². The molecule has 1 heterocycles. The Kier molecular flexibility index (Phi) is 5.70. The normalized spacial score (nSPS) is 10.9. The molecule has 2 rings (SSSR count). The highest BCUT2D eigenvalue weighted by molar-refractivity contribution is 9.10. The highest BCUT2D eigenvalue weighted by atomic mass is 79.9. The molecule has 112 valence electrons. The average molecular weight is 353 g/mol. The van der Waals surface area contributed by atoms with Gasteiger partial charge in [-0.25, -0.2) is 9.37 Å². The maximum absolute atomic E-state index is 14.3. The topological polar surface area (TPSA) is 34.2 Å². The third-order valence-corrected chi connectivity index (χ3v) is 3.40. The molecule has 1 aromatic heterocycles. The molecule has 0 spiro atoms. The molecule has 5 heteroatoms. The first kappa shape index (κ1) is 15.9. The summed E-state index contributed by atoms with van der Waals surface area (Å²) in [6.07, 6.45) is 1.57.